The molecule has 62 valence electrons. The van der Waals surface area contributed by atoms with E-state index in [0.29, 0.717) is 6.01 Å². The normalized spacial score (nSPS) is 9.33. The van der Waals surface area contributed by atoms with Gasteiger partial charge in [0, 0.05) is 12.4 Å². The first-order valence-corrected chi connectivity index (χ1v) is 3.30. The van der Waals surface area contributed by atoms with Gasteiger partial charge in [-0.1, -0.05) is 0 Å². The molecule has 0 saturated carbocycles. The number of nitrogens with zero attached hydrogens (tertiary/aromatic N) is 2. The van der Waals surface area contributed by atoms with E-state index in [2.05, 4.69) is 23.8 Å². The number of rotatable bonds is 2. The maximum Gasteiger partial charge on any atom is 2.00 e. The van der Waals surface area contributed by atoms with Crippen LogP contribution in [0.15, 0.2) is 12.4 Å². The zero-order chi connectivity index (χ0) is 8.27. The third kappa shape index (κ3) is 4.08. The first-order valence-electron chi connectivity index (χ1n) is 3.30. The van der Waals surface area contributed by atoms with Crippen LogP contribution in [0.2, 0.25) is 0 Å². The average molecular weight is 388 g/mol. The molecule has 1 rings (SSSR count). The van der Waals surface area contributed by atoms with Gasteiger partial charge in [-0.25, -0.2) is 9.97 Å². The van der Waals surface area contributed by atoms with E-state index in [1.165, 1.54) is 0 Å². The zero-order valence-corrected chi connectivity index (χ0v) is 11.1. The number of ether oxygens (including phenoxy) is 1. The molecule has 0 fully saturated rings. The average Bonchev–Trinajstić information content (AvgIpc) is 1.93. The second-order valence-electron chi connectivity index (χ2n) is 2.28. The number of aromatic nitrogens is 2. The molecule has 0 aliphatic carbocycles. The van der Waals surface area contributed by atoms with E-state index in [1.807, 2.05) is 6.92 Å². The van der Waals surface area contributed by atoms with Gasteiger partial charge in [-0.2, -0.15) is 0 Å². The number of hydrogen-bond donors (Lipinski definition) is 0. The van der Waals surface area contributed by atoms with Crippen LogP contribution in [0.1, 0.15) is 5.56 Å². The van der Waals surface area contributed by atoms with Crippen molar-refractivity contribution in [2.45, 2.75) is 13.0 Å². The molecule has 0 atom stereocenters. The fourth-order valence-electron chi connectivity index (χ4n) is 0.591. The molecule has 0 aliphatic heterocycles. The van der Waals surface area contributed by atoms with Crippen LogP contribution in [-0.4, -0.2) is 16.1 Å². The molecular weight excluding hydrogens is 378 g/mol. The molecule has 4 heteroatoms. The standard InChI is InChI=1S/C8H10N2O.U/c1-6(2)11-8-9-4-7(3)5-10-8;/h4-6H,1-2H2,3H3;/q-2;+2. The molecule has 0 spiro atoms. The third-order valence-corrected chi connectivity index (χ3v) is 1.03. The second-order valence-corrected chi connectivity index (χ2v) is 2.28. The van der Waals surface area contributed by atoms with Crippen LogP contribution < -0.4 is 4.74 Å². The van der Waals surface area contributed by atoms with Crippen molar-refractivity contribution in [3.8, 4) is 6.01 Å². The Balaban J connectivity index is 0.00000121. The van der Waals surface area contributed by atoms with Crippen LogP contribution in [0.25, 0.3) is 0 Å². The Morgan fingerprint density at radius 1 is 1.33 bits per heavy atom. The van der Waals surface area contributed by atoms with Gasteiger partial charge in [0.2, 0.25) is 0 Å². The fraction of sp³-hybridized carbons (Fsp3) is 0.250. The van der Waals surface area contributed by atoms with Gasteiger partial charge in [0.1, 0.15) is 0 Å². The van der Waals surface area contributed by atoms with Gasteiger partial charge in [0.25, 0.3) is 0 Å². The van der Waals surface area contributed by atoms with Crippen molar-refractivity contribution < 1.29 is 35.9 Å². The Hall–Kier alpha value is -0.0681. The largest absolute Gasteiger partial charge is 2.00 e. The first kappa shape index (κ1) is 11.9. The van der Waals surface area contributed by atoms with Crippen molar-refractivity contribution in [3.63, 3.8) is 0 Å². The van der Waals surface area contributed by atoms with Crippen molar-refractivity contribution in [2.24, 2.45) is 0 Å². The second kappa shape index (κ2) is 5.56. The van der Waals surface area contributed by atoms with E-state index < -0.39 is 0 Å². The van der Waals surface area contributed by atoms with E-state index in [-0.39, 0.29) is 37.2 Å². The predicted octanol–water partition coefficient (Wildman–Crippen LogP) is 1.20. The van der Waals surface area contributed by atoms with Gasteiger partial charge in [-0.3, -0.25) is 0 Å². The van der Waals surface area contributed by atoms with Crippen molar-refractivity contribution in [1.82, 2.24) is 9.97 Å². The molecule has 12 heavy (non-hydrogen) atoms. The Kier molecular flexibility index (Phi) is 5.52. The summed E-state index contributed by atoms with van der Waals surface area (Å²) >= 11 is 0. The number of aryl methyl sites for hydroxylation is 1. The van der Waals surface area contributed by atoms with E-state index in [1.54, 1.807) is 12.4 Å². The molecular formula is C8H10N2OU. The molecule has 1 heterocycles. The van der Waals surface area contributed by atoms with Crippen LogP contribution >= 0.6 is 0 Å². The van der Waals surface area contributed by atoms with E-state index in [9.17, 15) is 0 Å². The maximum absolute atomic E-state index is 5.02. The van der Waals surface area contributed by atoms with E-state index in [4.69, 9.17) is 4.74 Å². The van der Waals surface area contributed by atoms with Crippen LogP contribution in [0.3, 0.4) is 0 Å². The van der Waals surface area contributed by atoms with Gasteiger partial charge in [0.05, 0.1) is 0 Å². The van der Waals surface area contributed by atoms with Crippen molar-refractivity contribution in [1.29, 1.82) is 0 Å². The van der Waals surface area contributed by atoms with Gasteiger partial charge in [0.15, 0.2) is 0 Å². The van der Waals surface area contributed by atoms with Gasteiger partial charge in [-0.05, 0) is 12.5 Å². The van der Waals surface area contributed by atoms with Gasteiger partial charge >= 0.3 is 37.1 Å². The Bertz CT molecular complexity index is 223. The minimum absolute atomic E-state index is 0. The molecule has 0 aromatic carbocycles. The zero-order valence-electron chi connectivity index (χ0n) is 6.95. The van der Waals surface area contributed by atoms with E-state index in [0.717, 1.165) is 5.56 Å². The first-order chi connectivity index (χ1) is 5.18. The molecule has 0 bridgehead atoms. The van der Waals surface area contributed by atoms with Crippen molar-refractivity contribution >= 4 is 0 Å². The molecule has 0 amide bonds. The van der Waals surface area contributed by atoms with Crippen LogP contribution in [0, 0.1) is 51.9 Å². The summed E-state index contributed by atoms with van der Waals surface area (Å²) in [6.45, 7) is 9.00. The predicted molar refractivity (Wildman–Crippen MR) is 41.9 cm³/mol. The van der Waals surface area contributed by atoms with Gasteiger partial charge < -0.3 is 18.6 Å². The molecule has 0 saturated heterocycles. The molecule has 1 aromatic heterocycles. The van der Waals surface area contributed by atoms with Crippen LogP contribution in [0.4, 0.5) is 0 Å². The third-order valence-electron chi connectivity index (χ3n) is 1.03. The number of hydrogen-bond acceptors (Lipinski definition) is 3. The van der Waals surface area contributed by atoms with Crippen molar-refractivity contribution in [3.05, 3.63) is 31.8 Å². The summed E-state index contributed by atoms with van der Waals surface area (Å²) < 4.78 is 5.02. The molecule has 0 unspecified atom stereocenters. The quantitative estimate of drug-likeness (QED) is 0.715. The van der Waals surface area contributed by atoms with Gasteiger partial charge in [-0.15, -0.1) is 6.10 Å². The summed E-state index contributed by atoms with van der Waals surface area (Å²) in [7, 11) is 0. The smallest absolute Gasteiger partial charge is 0.525 e. The Morgan fingerprint density at radius 2 is 1.83 bits per heavy atom. The summed E-state index contributed by atoms with van der Waals surface area (Å²) in [5.74, 6) is 0. The molecule has 1 aromatic rings. The maximum atomic E-state index is 5.02. The fourth-order valence-corrected chi connectivity index (χ4v) is 0.591. The molecule has 3 nitrogen and oxygen atoms in total. The van der Waals surface area contributed by atoms with Crippen molar-refractivity contribution in [2.75, 3.05) is 0 Å². The van der Waals surface area contributed by atoms with E-state index >= 15 is 0 Å². The summed E-state index contributed by atoms with van der Waals surface area (Å²) in [5, 5.41) is 0. The van der Waals surface area contributed by atoms with Crippen LogP contribution in [-0.2, 0) is 0 Å². The summed E-state index contributed by atoms with van der Waals surface area (Å²) in [6, 6.07) is 0.325. The SMILES string of the molecule is [CH2-]C([CH2-])Oc1ncc(C)cn1.[U+2]. The molecule has 0 radical (unpaired) electrons. The Labute approximate surface area is 96.3 Å². The topological polar surface area (TPSA) is 35.0 Å². The Morgan fingerprint density at radius 3 is 2.25 bits per heavy atom. The van der Waals surface area contributed by atoms with Crippen LogP contribution in [0.5, 0.6) is 6.01 Å². The monoisotopic (exact) mass is 388 g/mol. The molecule has 0 aliphatic rings. The summed E-state index contributed by atoms with van der Waals surface area (Å²) in [6.07, 6.45) is 3.01. The summed E-state index contributed by atoms with van der Waals surface area (Å²) in [5.41, 5.74) is 1.00. The summed E-state index contributed by atoms with van der Waals surface area (Å²) in [4.78, 5) is 7.81. The minimum Gasteiger partial charge on any atom is -0.525 e. The minimum atomic E-state index is -0.363. The molecule has 0 N–H and O–H groups in total.